The first-order valence-electron chi connectivity index (χ1n) is 7.11. The van der Waals surface area contributed by atoms with Crippen LogP contribution in [0.2, 0.25) is 0 Å². The second-order valence-electron chi connectivity index (χ2n) is 4.90. The molecular weight excluding hydrogens is 292 g/mol. The van der Waals surface area contributed by atoms with Crippen molar-refractivity contribution in [3.63, 3.8) is 0 Å². The first-order chi connectivity index (χ1) is 11.1. The van der Waals surface area contributed by atoms with Gasteiger partial charge < -0.3 is 10.2 Å². The van der Waals surface area contributed by atoms with Gasteiger partial charge in [0.2, 0.25) is 0 Å². The molecule has 0 spiro atoms. The summed E-state index contributed by atoms with van der Waals surface area (Å²) in [4.78, 5) is 11.8. The molecule has 0 aliphatic rings. The van der Waals surface area contributed by atoms with Crippen molar-refractivity contribution in [2.45, 2.75) is 12.5 Å². The minimum atomic E-state index is -1.30. The summed E-state index contributed by atoms with van der Waals surface area (Å²) in [7, 11) is 0. The third-order valence-corrected chi connectivity index (χ3v) is 3.26. The van der Waals surface area contributed by atoms with Crippen LogP contribution in [0, 0.1) is 0 Å². The summed E-state index contributed by atoms with van der Waals surface area (Å²) in [6.07, 6.45) is 2.26. The van der Waals surface area contributed by atoms with E-state index in [-0.39, 0.29) is 5.75 Å². The van der Waals surface area contributed by atoms with Gasteiger partial charge >= 0.3 is 0 Å². The van der Waals surface area contributed by atoms with Gasteiger partial charge in [-0.1, -0.05) is 48.5 Å². The molecule has 0 saturated carbocycles. The van der Waals surface area contributed by atoms with Gasteiger partial charge in [-0.05, 0) is 23.6 Å². The number of benzene rings is 2. The van der Waals surface area contributed by atoms with Gasteiger partial charge in [-0.3, -0.25) is 4.79 Å². The Morgan fingerprint density at radius 2 is 1.96 bits per heavy atom. The number of phenols is 1. The molecule has 23 heavy (non-hydrogen) atoms. The lowest BCUT2D eigenvalue weighted by molar-refractivity contribution is -0.129. The zero-order valence-corrected chi connectivity index (χ0v) is 12.5. The molecule has 1 unspecified atom stereocenters. The summed E-state index contributed by atoms with van der Waals surface area (Å²) >= 11 is 0. The third-order valence-electron chi connectivity index (χ3n) is 3.26. The monoisotopic (exact) mass is 310 g/mol. The second-order valence-corrected chi connectivity index (χ2v) is 4.90. The number of phenolic OH excluding ortho intramolecular Hbond substituents is 1. The van der Waals surface area contributed by atoms with E-state index < -0.39 is 12.0 Å². The molecule has 0 aliphatic heterocycles. The summed E-state index contributed by atoms with van der Waals surface area (Å²) in [6, 6.07) is 13.8. The van der Waals surface area contributed by atoms with Crippen LogP contribution in [0.3, 0.4) is 0 Å². The van der Waals surface area contributed by atoms with E-state index in [0.717, 1.165) is 5.56 Å². The fourth-order valence-electron chi connectivity index (χ4n) is 2.05. The zero-order chi connectivity index (χ0) is 16.7. The quantitative estimate of drug-likeness (QED) is 0.435. The summed E-state index contributed by atoms with van der Waals surface area (Å²) in [5.41, 5.74) is 3.93. The summed E-state index contributed by atoms with van der Waals surface area (Å²) in [5, 5.41) is 23.8. The van der Waals surface area contributed by atoms with E-state index in [1.165, 1.54) is 6.21 Å². The van der Waals surface area contributed by atoms with Crippen molar-refractivity contribution in [1.29, 1.82) is 0 Å². The highest BCUT2D eigenvalue weighted by Crippen LogP contribution is 2.21. The Balaban J connectivity index is 2.03. The minimum absolute atomic E-state index is 0.0917. The van der Waals surface area contributed by atoms with Gasteiger partial charge in [0.25, 0.3) is 5.91 Å². The van der Waals surface area contributed by atoms with Gasteiger partial charge in [0.15, 0.2) is 6.10 Å². The molecule has 0 aliphatic carbocycles. The Bertz CT molecular complexity index is 711. The first-order valence-corrected chi connectivity index (χ1v) is 7.11. The lowest BCUT2D eigenvalue weighted by Crippen LogP contribution is -2.25. The maximum atomic E-state index is 11.8. The van der Waals surface area contributed by atoms with E-state index >= 15 is 0 Å². The number of carbonyl (C=O) groups is 1. The lowest BCUT2D eigenvalue weighted by atomic mass is 10.1. The third kappa shape index (κ3) is 4.28. The van der Waals surface area contributed by atoms with E-state index in [4.69, 9.17) is 0 Å². The molecule has 0 aromatic heterocycles. The largest absolute Gasteiger partial charge is 0.507 e. The Morgan fingerprint density at radius 3 is 2.65 bits per heavy atom. The molecule has 2 aromatic rings. The minimum Gasteiger partial charge on any atom is -0.507 e. The molecule has 118 valence electrons. The van der Waals surface area contributed by atoms with E-state index in [0.29, 0.717) is 17.5 Å². The molecule has 0 fully saturated rings. The Labute approximate surface area is 134 Å². The normalized spacial score (nSPS) is 12.0. The van der Waals surface area contributed by atoms with Crippen LogP contribution in [0.25, 0.3) is 0 Å². The Morgan fingerprint density at radius 1 is 1.22 bits per heavy atom. The van der Waals surface area contributed by atoms with Gasteiger partial charge in [-0.15, -0.1) is 6.58 Å². The number of nitrogens with one attached hydrogen (secondary N) is 1. The number of aliphatic hydroxyl groups is 1. The summed E-state index contributed by atoms with van der Waals surface area (Å²) in [6.45, 7) is 3.63. The molecule has 1 amide bonds. The van der Waals surface area contributed by atoms with Crippen molar-refractivity contribution in [2.75, 3.05) is 0 Å². The van der Waals surface area contributed by atoms with E-state index in [9.17, 15) is 15.0 Å². The van der Waals surface area contributed by atoms with Crippen molar-refractivity contribution in [2.24, 2.45) is 5.10 Å². The summed E-state index contributed by atoms with van der Waals surface area (Å²) in [5.74, 6) is -0.553. The van der Waals surface area contributed by atoms with Crippen molar-refractivity contribution < 1.29 is 15.0 Å². The highest BCUT2D eigenvalue weighted by atomic mass is 16.3. The van der Waals surface area contributed by atoms with Gasteiger partial charge in [0.1, 0.15) is 5.75 Å². The molecule has 5 heteroatoms. The maximum Gasteiger partial charge on any atom is 0.273 e. The molecule has 2 rings (SSSR count). The maximum absolute atomic E-state index is 11.8. The number of aromatic hydroxyl groups is 1. The number of hydrogen-bond acceptors (Lipinski definition) is 4. The molecule has 0 radical (unpaired) electrons. The fraction of sp³-hybridized carbons (Fsp3) is 0.111. The van der Waals surface area contributed by atoms with E-state index in [1.54, 1.807) is 54.6 Å². The van der Waals surface area contributed by atoms with Gasteiger partial charge in [-0.25, -0.2) is 5.43 Å². The number of rotatable bonds is 6. The second kappa shape index (κ2) is 7.91. The SMILES string of the molecule is C=CCc1cccc(/C=N/NC(=O)C(O)c2ccccc2)c1O. The van der Waals surface area contributed by atoms with E-state index in [1.807, 2.05) is 0 Å². The predicted molar refractivity (Wildman–Crippen MR) is 89.1 cm³/mol. The van der Waals surface area contributed by atoms with Gasteiger partial charge in [0, 0.05) is 5.56 Å². The topological polar surface area (TPSA) is 81.9 Å². The summed E-state index contributed by atoms with van der Waals surface area (Å²) < 4.78 is 0. The van der Waals surface area contributed by atoms with Crippen molar-refractivity contribution in [3.8, 4) is 5.75 Å². The van der Waals surface area contributed by atoms with Crippen LogP contribution in [0.4, 0.5) is 0 Å². The number of amides is 1. The average molecular weight is 310 g/mol. The van der Waals surface area contributed by atoms with Crippen LogP contribution in [0.5, 0.6) is 5.75 Å². The van der Waals surface area contributed by atoms with Crippen LogP contribution in [-0.4, -0.2) is 22.3 Å². The number of aliphatic hydroxyl groups excluding tert-OH is 1. The molecule has 2 aromatic carbocycles. The molecule has 1 atom stereocenters. The highest BCUT2D eigenvalue weighted by molar-refractivity contribution is 5.87. The van der Waals surface area contributed by atoms with Crippen molar-refractivity contribution in [3.05, 3.63) is 77.9 Å². The Kier molecular flexibility index (Phi) is 5.66. The number of hydrazone groups is 1. The first kappa shape index (κ1) is 16.5. The number of carbonyl (C=O) groups excluding carboxylic acids is 1. The Hall–Kier alpha value is -2.92. The average Bonchev–Trinajstić information content (AvgIpc) is 2.58. The van der Waals surface area contributed by atoms with Crippen LogP contribution in [0.1, 0.15) is 22.8 Å². The zero-order valence-electron chi connectivity index (χ0n) is 12.5. The van der Waals surface area contributed by atoms with Crippen molar-refractivity contribution in [1.82, 2.24) is 5.43 Å². The van der Waals surface area contributed by atoms with Crippen molar-refractivity contribution >= 4 is 12.1 Å². The van der Waals surface area contributed by atoms with Gasteiger partial charge in [0.05, 0.1) is 6.21 Å². The molecule has 0 bridgehead atoms. The lowest BCUT2D eigenvalue weighted by Gasteiger charge is -2.08. The van der Waals surface area contributed by atoms with Crippen LogP contribution >= 0.6 is 0 Å². The highest BCUT2D eigenvalue weighted by Gasteiger charge is 2.16. The standard InChI is InChI=1S/C18H18N2O3/c1-2-7-13-10-6-11-15(16(13)21)12-19-20-18(23)17(22)14-8-4-3-5-9-14/h2-6,8-12,17,21-22H,1,7H2,(H,20,23)/b19-12+. The molecular formula is C18H18N2O3. The fourth-order valence-corrected chi connectivity index (χ4v) is 2.05. The molecule has 5 nitrogen and oxygen atoms in total. The van der Waals surface area contributed by atoms with Crippen LogP contribution in [0.15, 0.2) is 66.3 Å². The predicted octanol–water partition coefficient (Wildman–Crippen LogP) is 2.30. The van der Waals surface area contributed by atoms with E-state index in [2.05, 4.69) is 17.1 Å². The smallest absolute Gasteiger partial charge is 0.273 e. The number of para-hydroxylation sites is 1. The van der Waals surface area contributed by atoms with Crippen LogP contribution < -0.4 is 5.43 Å². The molecule has 0 heterocycles. The van der Waals surface area contributed by atoms with Crippen LogP contribution in [-0.2, 0) is 11.2 Å². The van der Waals surface area contributed by atoms with Gasteiger partial charge in [-0.2, -0.15) is 5.10 Å². The molecule has 3 N–H and O–H groups in total. The number of hydrogen-bond donors (Lipinski definition) is 3. The number of allylic oxidation sites excluding steroid dienone is 1. The molecule has 0 saturated heterocycles. The number of nitrogens with zero attached hydrogens (tertiary/aromatic N) is 1.